The Bertz CT molecular complexity index is 1060. The Kier molecular flexibility index (Phi) is 5.13. The van der Waals surface area contributed by atoms with Crippen LogP contribution in [0.25, 0.3) is 5.69 Å². The van der Waals surface area contributed by atoms with Gasteiger partial charge in [0.15, 0.2) is 17.2 Å². The second kappa shape index (κ2) is 8.22. The van der Waals surface area contributed by atoms with Gasteiger partial charge < -0.3 is 14.8 Å². The van der Waals surface area contributed by atoms with E-state index in [2.05, 4.69) is 5.32 Å². The zero-order valence-electron chi connectivity index (χ0n) is 16.9. The van der Waals surface area contributed by atoms with Crippen molar-refractivity contribution in [3.05, 3.63) is 71.0 Å². The quantitative estimate of drug-likeness (QED) is 0.672. The van der Waals surface area contributed by atoms with Gasteiger partial charge in [0.1, 0.15) is 13.2 Å². The SMILES string of the molecule is O=C(NCc1ccc2c(c1)OCCO2)c1nn(-c2ccccc2)c2c1CCCCC2. The summed E-state index contributed by atoms with van der Waals surface area (Å²) in [6, 6.07) is 15.8. The Morgan fingerprint density at radius 3 is 2.63 bits per heavy atom. The summed E-state index contributed by atoms with van der Waals surface area (Å²) >= 11 is 0. The normalized spacial score (nSPS) is 15.2. The fourth-order valence-corrected chi connectivity index (χ4v) is 4.20. The maximum absolute atomic E-state index is 13.1. The number of benzene rings is 2. The molecule has 0 saturated heterocycles. The number of para-hydroxylation sites is 1. The van der Waals surface area contributed by atoms with Crippen molar-refractivity contribution < 1.29 is 14.3 Å². The summed E-state index contributed by atoms with van der Waals surface area (Å²) in [5, 5.41) is 7.79. The van der Waals surface area contributed by atoms with E-state index in [9.17, 15) is 4.79 Å². The molecule has 0 fully saturated rings. The van der Waals surface area contributed by atoms with Gasteiger partial charge in [0.2, 0.25) is 0 Å². The first-order valence-electron chi connectivity index (χ1n) is 10.6. The third kappa shape index (κ3) is 3.65. The van der Waals surface area contributed by atoms with Gasteiger partial charge in [-0.25, -0.2) is 4.68 Å². The Hall–Kier alpha value is -3.28. The molecule has 0 saturated carbocycles. The highest BCUT2D eigenvalue weighted by atomic mass is 16.6. The molecule has 2 aliphatic rings. The molecule has 6 heteroatoms. The second-order valence-corrected chi connectivity index (χ2v) is 7.74. The number of ether oxygens (including phenoxy) is 2. The molecule has 1 N–H and O–H groups in total. The monoisotopic (exact) mass is 403 g/mol. The number of hydrogen-bond donors (Lipinski definition) is 1. The summed E-state index contributed by atoms with van der Waals surface area (Å²) in [6.07, 6.45) is 5.25. The number of fused-ring (bicyclic) bond motifs is 2. The van der Waals surface area contributed by atoms with Crippen LogP contribution in [-0.2, 0) is 19.4 Å². The summed E-state index contributed by atoms with van der Waals surface area (Å²) in [5.41, 5.74) is 4.79. The van der Waals surface area contributed by atoms with Gasteiger partial charge in [-0.05, 0) is 55.5 Å². The van der Waals surface area contributed by atoms with Gasteiger partial charge in [0, 0.05) is 17.8 Å². The van der Waals surface area contributed by atoms with Crippen LogP contribution in [0.5, 0.6) is 11.5 Å². The second-order valence-electron chi connectivity index (χ2n) is 7.74. The maximum Gasteiger partial charge on any atom is 0.272 e. The van der Waals surface area contributed by atoms with Gasteiger partial charge in [-0.1, -0.05) is 30.7 Å². The zero-order chi connectivity index (χ0) is 20.3. The highest BCUT2D eigenvalue weighted by molar-refractivity contribution is 5.94. The van der Waals surface area contributed by atoms with E-state index in [1.165, 1.54) is 12.1 Å². The molecule has 154 valence electrons. The van der Waals surface area contributed by atoms with E-state index >= 15 is 0 Å². The maximum atomic E-state index is 13.1. The van der Waals surface area contributed by atoms with Gasteiger partial charge in [0.05, 0.1) is 5.69 Å². The average Bonchev–Trinajstić information content (AvgIpc) is 2.99. The highest BCUT2D eigenvalue weighted by Gasteiger charge is 2.24. The molecule has 1 aliphatic carbocycles. The number of amides is 1. The summed E-state index contributed by atoms with van der Waals surface area (Å²) in [5.74, 6) is 1.36. The number of carbonyl (C=O) groups is 1. The minimum Gasteiger partial charge on any atom is -0.486 e. The predicted molar refractivity (Wildman–Crippen MR) is 113 cm³/mol. The largest absolute Gasteiger partial charge is 0.486 e. The molecule has 2 aromatic carbocycles. The summed E-state index contributed by atoms with van der Waals surface area (Å²) in [4.78, 5) is 13.1. The minimum absolute atomic E-state index is 0.127. The van der Waals surface area contributed by atoms with Crippen LogP contribution in [0.1, 0.15) is 46.6 Å². The number of hydrogen-bond acceptors (Lipinski definition) is 4. The van der Waals surface area contributed by atoms with Crippen molar-refractivity contribution in [1.82, 2.24) is 15.1 Å². The molecule has 1 aromatic heterocycles. The van der Waals surface area contributed by atoms with Gasteiger partial charge in [-0.2, -0.15) is 5.10 Å². The minimum atomic E-state index is -0.127. The van der Waals surface area contributed by atoms with Crippen LogP contribution in [0.4, 0.5) is 0 Å². The van der Waals surface area contributed by atoms with Crippen molar-refractivity contribution in [1.29, 1.82) is 0 Å². The lowest BCUT2D eigenvalue weighted by Crippen LogP contribution is -2.24. The van der Waals surface area contributed by atoms with E-state index in [0.717, 1.165) is 54.0 Å². The smallest absolute Gasteiger partial charge is 0.272 e. The molecule has 0 unspecified atom stereocenters. The lowest BCUT2D eigenvalue weighted by atomic mass is 10.1. The van der Waals surface area contributed by atoms with E-state index in [1.807, 2.05) is 53.2 Å². The molecular weight excluding hydrogens is 378 g/mol. The molecular formula is C24H25N3O3. The van der Waals surface area contributed by atoms with Crippen LogP contribution in [0.3, 0.4) is 0 Å². The van der Waals surface area contributed by atoms with E-state index in [-0.39, 0.29) is 5.91 Å². The first-order chi connectivity index (χ1) is 14.8. The van der Waals surface area contributed by atoms with E-state index in [1.54, 1.807) is 0 Å². The Morgan fingerprint density at radius 1 is 0.967 bits per heavy atom. The third-order valence-electron chi connectivity index (χ3n) is 5.71. The fourth-order valence-electron chi connectivity index (χ4n) is 4.20. The number of nitrogens with one attached hydrogen (secondary N) is 1. The summed E-state index contributed by atoms with van der Waals surface area (Å²) in [6.45, 7) is 1.53. The van der Waals surface area contributed by atoms with Crippen LogP contribution < -0.4 is 14.8 Å². The first kappa shape index (κ1) is 18.7. The van der Waals surface area contributed by atoms with E-state index < -0.39 is 0 Å². The molecule has 30 heavy (non-hydrogen) atoms. The zero-order valence-corrected chi connectivity index (χ0v) is 16.9. The molecule has 0 spiro atoms. The molecule has 2 heterocycles. The lowest BCUT2D eigenvalue weighted by molar-refractivity contribution is 0.0944. The van der Waals surface area contributed by atoms with Gasteiger partial charge in [-0.15, -0.1) is 0 Å². The molecule has 6 nitrogen and oxygen atoms in total. The van der Waals surface area contributed by atoms with Crippen molar-refractivity contribution in [3.63, 3.8) is 0 Å². The number of carbonyl (C=O) groups excluding carboxylic acids is 1. The molecule has 1 amide bonds. The van der Waals surface area contributed by atoms with Crippen LogP contribution in [-0.4, -0.2) is 28.9 Å². The van der Waals surface area contributed by atoms with Gasteiger partial charge in [-0.3, -0.25) is 4.79 Å². The Labute approximate surface area is 175 Å². The van der Waals surface area contributed by atoms with Crippen LogP contribution in [0.15, 0.2) is 48.5 Å². The van der Waals surface area contributed by atoms with Crippen molar-refractivity contribution in [2.24, 2.45) is 0 Å². The van der Waals surface area contributed by atoms with Crippen molar-refractivity contribution >= 4 is 5.91 Å². The van der Waals surface area contributed by atoms with Gasteiger partial charge in [0.25, 0.3) is 5.91 Å². The fraction of sp³-hybridized carbons (Fsp3) is 0.333. The van der Waals surface area contributed by atoms with Crippen LogP contribution >= 0.6 is 0 Å². The molecule has 1 aliphatic heterocycles. The number of aromatic nitrogens is 2. The van der Waals surface area contributed by atoms with E-state index in [0.29, 0.717) is 25.5 Å². The highest BCUT2D eigenvalue weighted by Crippen LogP contribution is 2.31. The third-order valence-corrected chi connectivity index (χ3v) is 5.71. The molecule has 0 atom stereocenters. The number of nitrogens with zero attached hydrogens (tertiary/aromatic N) is 2. The summed E-state index contributed by atoms with van der Waals surface area (Å²) in [7, 11) is 0. The first-order valence-corrected chi connectivity index (χ1v) is 10.6. The molecule has 0 bridgehead atoms. The lowest BCUT2D eigenvalue weighted by Gasteiger charge is -2.18. The van der Waals surface area contributed by atoms with Crippen molar-refractivity contribution in [2.75, 3.05) is 13.2 Å². The average molecular weight is 403 g/mol. The van der Waals surface area contributed by atoms with Crippen LogP contribution in [0.2, 0.25) is 0 Å². The standard InChI is InChI=1S/C24H25N3O3/c28-24(25-16-17-11-12-21-22(15-17)30-14-13-29-21)23-19-9-5-2-6-10-20(19)27(26-23)18-7-3-1-4-8-18/h1,3-4,7-8,11-12,15H,2,5-6,9-10,13-14,16H2,(H,25,28). The number of rotatable bonds is 4. The topological polar surface area (TPSA) is 65.4 Å². The Morgan fingerprint density at radius 2 is 1.77 bits per heavy atom. The predicted octanol–water partition coefficient (Wildman–Crippen LogP) is 3.84. The molecule has 3 aromatic rings. The van der Waals surface area contributed by atoms with Crippen LogP contribution in [0, 0.1) is 0 Å². The molecule has 0 radical (unpaired) electrons. The van der Waals surface area contributed by atoms with E-state index in [4.69, 9.17) is 14.6 Å². The van der Waals surface area contributed by atoms with Crippen molar-refractivity contribution in [3.8, 4) is 17.2 Å². The Balaban J connectivity index is 1.39. The summed E-state index contributed by atoms with van der Waals surface area (Å²) < 4.78 is 13.2. The van der Waals surface area contributed by atoms with Crippen molar-refractivity contribution in [2.45, 2.75) is 38.6 Å². The van der Waals surface area contributed by atoms with Gasteiger partial charge >= 0.3 is 0 Å². The molecule has 5 rings (SSSR count).